The van der Waals surface area contributed by atoms with Crippen LogP contribution < -0.4 is 0 Å². The van der Waals surface area contributed by atoms with Crippen LogP contribution in [-0.4, -0.2) is 18.3 Å². The fourth-order valence-electron chi connectivity index (χ4n) is 0.705. The maximum atomic E-state index is 10.4. The first-order chi connectivity index (χ1) is 7.20. The molecule has 0 radical (unpaired) electrons. The lowest BCUT2D eigenvalue weighted by molar-refractivity contribution is 0.243. The highest BCUT2D eigenvalue weighted by Gasteiger charge is 1.91. The molecule has 0 saturated heterocycles. The number of aromatic hydroxyl groups is 1. The zero-order valence-corrected chi connectivity index (χ0v) is 9.97. The van der Waals surface area contributed by atoms with Crippen LogP contribution in [0.4, 0.5) is 0 Å². The van der Waals surface area contributed by atoms with Gasteiger partial charge < -0.3 is 14.2 Å². The Morgan fingerprint density at radius 2 is 1.60 bits per heavy atom. The molecule has 0 bridgehead atoms. The molecule has 0 aromatic heterocycles. The van der Waals surface area contributed by atoms with Gasteiger partial charge in [-0.15, -0.1) is 0 Å². The number of phenolic OH excluding ortho intramolecular Hbond substituents is 1. The maximum absolute atomic E-state index is 10.4. The van der Waals surface area contributed by atoms with Crippen molar-refractivity contribution in [1.29, 1.82) is 0 Å². The molecule has 0 amide bonds. The summed E-state index contributed by atoms with van der Waals surface area (Å²) in [7, 11) is -2.14. The summed E-state index contributed by atoms with van der Waals surface area (Å²) in [6.45, 7) is 4.47. The minimum Gasteiger partial charge on any atom is -0.508 e. The second-order valence-electron chi connectivity index (χ2n) is 2.45. The Labute approximate surface area is 90.8 Å². The average Bonchev–Trinajstić information content (AvgIpc) is 2.20. The van der Waals surface area contributed by atoms with E-state index in [0.717, 1.165) is 0 Å². The molecule has 0 fully saturated rings. The summed E-state index contributed by atoms with van der Waals surface area (Å²) in [6, 6.07) is 8.71. The number of hydrogen-bond acceptors (Lipinski definition) is 4. The fraction of sp³-hybridized carbons (Fsp3) is 0.400. The van der Waals surface area contributed by atoms with Crippen LogP contribution in [0.3, 0.4) is 0 Å². The first-order valence-electron chi connectivity index (χ1n) is 4.74. The molecule has 1 N–H and O–H groups in total. The van der Waals surface area contributed by atoms with E-state index < -0.39 is 8.25 Å². The SMILES string of the molecule is CCO[PH](=O)OCC.Oc1ccccc1. The molecule has 0 aliphatic rings. The normalized spacial score (nSPS) is 9.53. The molecule has 86 valence electrons. The van der Waals surface area contributed by atoms with E-state index in [1.807, 2.05) is 6.07 Å². The Morgan fingerprint density at radius 1 is 1.13 bits per heavy atom. The van der Waals surface area contributed by atoms with Crippen LogP contribution in [0.5, 0.6) is 5.75 Å². The van der Waals surface area contributed by atoms with Gasteiger partial charge in [0.1, 0.15) is 5.75 Å². The first kappa shape index (κ1) is 14.2. The third-order valence-electron chi connectivity index (χ3n) is 1.28. The lowest BCUT2D eigenvalue weighted by Gasteiger charge is -1.97. The van der Waals surface area contributed by atoms with Gasteiger partial charge >= 0.3 is 8.25 Å². The zero-order valence-electron chi connectivity index (χ0n) is 8.97. The van der Waals surface area contributed by atoms with Gasteiger partial charge in [-0.1, -0.05) is 18.2 Å². The van der Waals surface area contributed by atoms with Crippen molar-refractivity contribution in [1.82, 2.24) is 0 Å². The lowest BCUT2D eigenvalue weighted by Crippen LogP contribution is -1.81. The van der Waals surface area contributed by atoms with Crippen LogP contribution in [-0.2, 0) is 13.6 Å². The fourth-order valence-corrected chi connectivity index (χ4v) is 1.26. The second kappa shape index (κ2) is 9.71. The Kier molecular flexibility index (Phi) is 9.18. The summed E-state index contributed by atoms with van der Waals surface area (Å²) in [6.07, 6.45) is 0. The molecular formula is C10H17O4P. The number of rotatable bonds is 4. The van der Waals surface area contributed by atoms with E-state index in [1.54, 1.807) is 38.1 Å². The number of hydrogen-bond donors (Lipinski definition) is 1. The summed E-state index contributed by atoms with van der Waals surface area (Å²) in [5.41, 5.74) is 0. The second-order valence-corrected chi connectivity index (χ2v) is 3.53. The molecule has 0 saturated carbocycles. The number of phenols is 1. The molecule has 1 rings (SSSR count). The largest absolute Gasteiger partial charge is 0.508 e. The van der Waals surface area contributed by atoms with E-state index in [2.05, 4.69) is 9.05 Å². The minimum atomic E-state index is -2.14. The standard InChI is InChI=1S/C6H6O.C4H11O3P/c7-6-4-2-1-3-5-6;1-3-6-8(5)7-4-2/h1-5,7H;8H,3-4H2,1-2H3. The van der Waals surface area contributed by atoms with Crippen molar-refractivity contribution in [3.8, 4) is 5.75 Å². The zero-order chi connectivity index (χ0) is 11.5. The summed E-state index contributed by atoms with van der Waals surface area (Å²) >= 11 is 0. The van der Waals surface area contributed by atoms with Crippen LogP contribution in [0.2, 0.25) is 0 Å². The Bertz CT molecular complexity index is 255. The highest BCUT2D eigenvalue weighted by Crippen LogP contribution is 2.21. The predicted octanol–water partition coefficient (Wildman–Crippen LogP) is 2.84. The average molecular weight is 232 g/mol. The Hall–Kier alpha value is -0.830. The molecule has 0 aliphatic carbocycles. The Balaban J connectivity index is 0.000000262. The molecule has 4 nitrogen and oxygen atoms in total. The maximum Gasteiger partial charge on any atom is 0.319 e. The summed E-state index contributed by atoms with van der Waals surface area (Å²) in [4.78, 5) is 0. The van der Waals surface area contributed by atoms with Crippen LogP contribution in [0.1, 0.15) is 13.8 Å². The highest BCUT2D eigenvalue weighted by molar-refractivity contribution is 7.33. The summed E-state index contributed by atoms with van der Waals surface area (Å²) in [5.74, 6) is 0.322. The van der Waals surface area contributed by atoms with Gasteiger partial charge in [-0.2, -0.15) is 0 Å². The lowest BCUT2D eigenvalue weighted by atomic mass is 10.3. The highest BCUT2D eigenvalue weighted by atomic mass is 31.1. The van der Waals surface area contributed by atoms with Crippen LogP contribution in [0.25, 0.3) is 0 Å². The predicted molar refractivity (Wildman–Crippen MR) is 60.4 cm³/mol. The number of para-hydroxylation sites is 1. The van der Waals surface area contributed by atoms with Crippen LogP contribution >= 0.6 is 8.25 Å². The molecule has 1 aromatic rings. The molecule has 1 aromatic carbocycles. The van der Waals surface area contributed by atoms with Gasteiger partial charge in [0.15, 0.2) is 0 Å². The van der Waals surface area contributed by atoms with Gasteiger partial charge in [0.2, 0.25) is 0 Å². The first-order valence-corrected chi connectivity index (χ1v) is 5.96. The van der Waals surface area contributed by atoms with Crippen LogP contribution in [0.15, 0.2) is 30.3 Å². The molecular weight excluding hydrogens is 215 g/mol. The molecule has 0 heterocycles. The van der Waals surface area contributed by atoms with Crippen molar-refractivity contribution < 1.29 is 18.7 Å². The molecule has 0 unspecified atom stereocenters. The summed E-state index contributed by atoms with van der Waals surface area (Å²) < 4.78 is 19.6. The van der Waals surface area contributed by atoms with Crippen molar-refractivity contribution in [2.24, 2.45) is 0 Å². The molecule has 0 spiro atoms. The third kappa shape index (κ3) is 9.47. The van der Waals surface area contributed by atoms with E-state index >= 15 is 0 Å². The quantitative estimate of drug-likeness (QED) is 0.811. The summed E-state index contributed by atoms with van der Waals surface area (Å²) in [5, 5.41) is 8.63. The smallest absolute Gasteiger partial charge is 0.319 e. The van der Waals surface area contributed by atoms with Gasteiger partial charge in [0, 0.05) is 0 Å². The monoisotopic (exact) mass is 232 g/mol. The Morgan fingerprint density at radius 3 is 1.87 bits per heavy atom. The van der Waals surface area contributed by atoms with Crippen molar-refractivity contribution in [2.45, 2.75) is 13.8 Å². The van der Waals surface area contributed by atoms with Crippen molar-refractivity contribution in [3.05, 3.63) is 30.3 Å². The van der Waals surface area contributed by atoms with E-state index in [4.69, 9.17) is 5.11 Å². The molecule has 0 atom stereocenters. The van der Waals surface area contributed by atoms with Crippen LogP contribution in [0, 0.1) is 0 Å². The van der Waals surface area contributed by atoms with E-state index in [0.29, 0.717) is 19.0 Å². The van der Waals surface area contributed by atoms with Gasteiger partial charge in [-0.25, -0.2) is 0 Å². The number of benzene rings is 1. The van der Waals surface area contributed by atoms with Gasteiger partial charge in [-0.3, -0.25) is 4.57 Å². The molecule has 15 heavy (non-hydrogen) atoms. The van der Waals surface area contributed by atoms with Crippen molar-refractivity contribution in [3.63, 3.8) is 0 Å². The molecule has 0 aliphatic heterocycles. The minimum absolute atomic E-state index is 0.322. The van der Waals surface area contributed by atoms with Crippen molar-refractivity contribution in [2.75, 3.05) is 13.2 Å². The van der Waals surface area contributed by atoms with Gasteiger partial charge in [0.25, 0.3) is 0 Å². The van der Waals surface area contributed by atoms with E-state index in [-0.39, 0.29) is 0 Å². The molecule has 5 heteroatoms. The topological polar surface area (TPSA) is 55.8 Å². The third-order valence-corrected chi connectivity index (χ3v) is 2.33. The van der Waals surface area contributed by atoms with Gasteiger partial charge in [0.05, 0.1) is 13.2 Å². The van der Waals surface area contributed by atoms with Crippen molar-refractivity contribution >= 4 is 8.25 Å². The van der Waals surface area contributed by atoms with E-state index in [9.17, 15) is 4.57 Å². The van der Waals surface area contributed by atoms with E-state index in [1.165, 1.54) is 0 Å². The van der Waals surface area contributed by atoms with Gasteiger partial charge in [-0.05, 0) is 26.0 Å².